The molecule has 2 unspecified atom stereocenters. The molecule has 3 N–H and O–H groups in total. The number of rotatable bonds is 5. The lowest BCUT2D eigenvalue weighted by Gasteiger charge is -2.41. The SMILES string of the molecule is CCOC(=O)C1=CN(c2ccc(F)cc2F)C2NC(N3CC(CN)C4(C3)OCCO4)=C(F)C=C2C1. The molecule has 0 bridgehead atoms. The number of hydrogen-bond acceptors (Lipinski definition) is 8. The van der Waals surface area contributed by atoms with E-state index in [0.717, 1.165) is 12.1 Å². The maximum atomic E-state index is 15.4. The third-order valence-electron chi connectivity index (χ3n) is 6.71. The fourth-order valence-corrected chi connectivity index (χ4v) is 5.08. The zero-order valence-corrected chi connectivity index (χ0v) is 19.2. The molecule has 2 atom stereocenters. The van der Waals surface area contributed by atoms with Crippen molar-refractivity contribution < 1.29 is 32.2 Å². The molecule has 35 heavy (non-hydrogen) atoms. The molecule has 1 aromatic rings. The highest BCUT2D eigenvalue weighted by Crippen LogP contribution is 2.40. The summed E-state index contributed by atoms with van der Waals surface area (Å²) >= 11 is 0. The second kappa shape index (κ2) is 9.21. The van der Waals surface area contributed by atoms with Gasteiger partial charge in [-0.05, 0) is 30.7 Å². The van der Waals surface area contributed by atoms with Crippen LogP contribution in [0.15, 0.2) is 53.3 Å². The number of carbonyl (C=O) groups is 1. The van der Waals surface area contributed by atoms with Crippen LogP contribution in [-0.2, 0) is 19.0 Å². The number of nitrogens with two attached hydrogens (primary N) is 1. The van der Waals surface area contributed by atoms with Gasteiger partial charge in [-0.1, -0.05) is 0 Å². The number of nitrogens with one attached hydrogen (secondary N) is 1. The quantitative estimate of drug-likeness (QED) is 0.606. The number of nitrogens with zero attached hydrogens (tertiary/aromatic N) is 2. The van der Waals surface area contributed by atoms with Gasteiger partial charge in [0.05, 0.1) is 37.6 Å². The number of carbonyl (C=O) groups excluding carboxylic acids is 1. The number of allylic oxidation sites excluding steroid dienone is 2. The van der Waals surface area contributed by atoms with Gasteiger partial charge in [0.1, 0.15) is 23.6 Å². The zero-order valence-electron chi connectivity index (χ0n) is 19.2. The molecule has 0 saturated carbocycles. The lowest BCUT2D eigenvalue weighted by Crippen LogP contribution is -2.52. The Balaban J connectivity index is 1.50. The van der Waals surface area contributed by atoms with Crippen molar-refractivity contribution >= 4 is 11.7 Å². The molecule has 4 aliphatic heterocycles. The van der Waals surface area contributed by atoms with E-state index in [1.807, 2.05) is 0 Å². The number of fused-ring (bicyclic) bond motifs is 1. The smallest absolute Gasteiger partial charge is 0.335 e. The second-order valence-electron chi connectivity index (χ2n) is 8.84. The van der Waals surface area contributed by atoms with E-state index in [9.17, 15) is 13.6 Å². The minimum Gasteiger partial charge on any atom is -0.463 e. The number of anilines is 1. The van der Waals surface area contributed by atoms with E-state index in [4.69, 9.17) is 19.9 Å². The minimum absolute atomic E-state index is 0.0261. The summed E-state index contributed by atoms with van der Waals surface area (Å²) in [6, 6.07) is 3.16. The van der Waals surface area contributed by atoms with Gasteiger partial charge >= 0.3 is 5.97 Å². The number of esters is 1. The molecule has 0 radical (unpaired) electrons. The Kier molecular flexibility index (Phi) is 6.24. The minimum atomic E-state index is -0.903. The molecule has 4 heterocycles. The first-order valence-corrected chi connectivity index (χ1v) is 11.6. The van der Waals surface area contributed by atoms with Crippen molar-refractivity contribution in [1.82, 2.24) is 10.2 Å². The summed E-state index contributed by atoms with van der Waals surface area (Å²) in [4.78, 5) is 15.7. The van der Waals surface area contributed by atoms with Crippen molar-refractivity contribution in [1.29, 1.82) is 0 Å². The van der Waals surface area contributed by atoms with Crippen LogP contribution in [0.2, 0.25) is 0 Å². The number of benzene rings is 1. The van der Waals surface area contributed by atoms with Crippen LogP contribution in [0.4, 0.5) is 18.9 Å². The molecule has 0 aliphatic carbocycles. The average Bonchev–Trinajstić information content (AvgIpc) is 3.45. The van der Waals surface area contributed by atoms with Crippen molar-refractivity contribution in [2.75, 3.05) is 44.4 Å². The molecule has 188 valence electrons. The van der Waals surface area contributed by atoms with E-state index in [0.29, 0.717) is 31.9 Å². The number of halogens is 3. The van der Waals surface area contributed by atoms with Gasteiger partial charge < -0.3 is 35.1 Å². The first-order valence-electron chi connectivity index (χ1n) is 11.6. The molecule has 1 aromatic carbocycles. The van der Waals surface area contributed by atoms with Gasteiger partial charge in [-0.2, -0.15) is 0 Å². The lowest BCUT2D eigenvalue weighted by molar-refractivity contribution is -0.170. The van der Waals surface area contributed by atoms with Crippen LogP contribution in [0.25, 0.3) is 0 Å². The van der Waals surface area contributed by atoms with E-state index >= 15 is 4.39 Å². The molecule has 0 amide bonds. The molecule has 8 nitrogen and oxygen atoms in total. The fourth-order valence-electron chi connectivity index (χ4n) is 5.08. The van der Waals surface area contributed by atoms with E-state index in [2.05, 4.69) is 5.32 Å². The average molecular weight is 492 g/mol. The maximum Gasteiger partial charge on any atom is 0.335 e. The van der Waals surface area contributed by atoms with Crippen LogP contribution >= 0.6 is 0 Å². The Morgan fingerprint density at radius 1 is 1.29 bits per heavy atom. The Morgan fingerprint density at radius 2 is 2.06 bits per heavy atom. The maximum absolute atomic E-state index is 15.4. The van der Waals surface area contributed by atoms with Crippen LogP contribution in [0.1, 0.15) is 13.3 Å². The first-order chi connectivity index (χ1) is 16.8. The van der Waals surface area contributed by atoms with Crippen LogP contribution in [0.3, 0.4) is 0 Å². The van der Waals surface area contributed by atoms with Crippen molar-refractivity contribution in [3.63, 3.8) is 0 Å². The predicted molar refractivity (Wildman–Crippen MR) is 120 cm³/mol. The van der Waals surface area contributed by atoms with Crippen LogP contribution in [-0.4, -0.2) is 62.3 Å². The lowest BCUT2D eigenvalue weighted by atomic mass is 9.95. The summed E-state index contributed by atoms with van der Waals surface area (Å²) in [5, 5.41) is 3.16. The molecular weight excluding hydrogens is 465 g/mol. The van der Waals surface area contributed by atoms with Gasteiger partial charge in [0.15, 0.2) is 11.6 Å². The Hall–Kier alpha value is -3.02. The molecule has 5 rings (SSSR count). The van der Waals surface area contributed by atoms with Gasteiger partial charge in [-0.15, -0.1) is 0 Å². The number of likely N-dealkylation sites (tertiary alicyclic amines) is 1. The highest BCUT2D eigenvalue weighted by molar-refractivity contribution is 5.90. The summed E-state index contributed by atoms with van der Waals surface area (Å²) in [5.41, 5.74) is 6.71. The Labute approximate surface area is 200 Å². The van der Waals surface area contributed by atoms with Gasteiger partial charge in [-0.3, -0.25) is 0 Å². The van der Waals surface area contributed by atoms with E-state index < -0.39 is 35.4 Å². The van der Waals surface area contributed by atoms with Gasteiger partial charge in [0.25, 0.3) is 0 Å². The van der Waals surface area contributed by atoms with E-state index in [1.54, 1.807) is 11.8 Å². The number of ether oxygens (including phenoxy) is 3. The van der Waals surface area contributed by atoms with E-state index in [1.165, 1.54) is 23.2 Å². The Morgan fingerprint density at radius 3 is 2.74 bits per heavy atom. The largest absolute Gasteiger partial charge is 0.463 e. The number of dihydropyridines is 1. The third kappa shape index (κ3) is 4.17. The zero-order chi connectivity index (χ0) is 24.7. The van der Waals surface area contributed by atoms with E-state index in [-0.39, 0.29) is 42.6 Å². The first kappa shape index (κ1) is 23.7. The van der Waals surface area contributed by atoms with Crippen molar-refractivity contribution in [3.8, 4) is 0 Å². The summed E-state index contributed by atoms with van der Waals surface area (Å²) in [5.74, 6) is -3.55. The summed E-state index contributed by atoms with van der Waals surface area (Å²) in [6.07, 6.45) is 2.19. The van der Waals surface area contributed by atoms with Crippen molar-refractivity contribution in [2.45, 2.75) is 25.3 Å². The Bertz CT molecular complexity index is 1120. The molecule has 11 heteroatoms. The monoisotopic (exact) mass is 492 g/mol. The van der Waals surface area contributed by atoms with Gasteiger partial charge in [0.2, 0.25) is 0 Å². The highest BCUT2D eigenvalue weighted by atomic mass is 19.1. The summed E-state index contributed by atoms with van der Waals surface area (Å²) < 4.78 is 60.7. The molecule has 0 aromatic heterocycles. The fraction of sp³-hybridized carbons (Fsp3) is 0.458. The standard InChI is InChI=1S/C24H27F3N4O4/c1-2-33-23(32)15-7-14-8-19(27)22(30-12-16(10-28)24(13-30)34-5-6-35-24)29-21(14)31(11-15)20-4-3-17(25)9-18(20)26/h3-4,8-9,11,16,21,29H,2,5-7,10,12-13,28H2,1H3. The van der Waals surface area contributed by atoms with Crippen molar-refractivity contribution in [3.05, 3.63) is 64.9 Å². The second-order valence-corrected chi connectivity index (χ2v) is 8.84. The van der Waals surface area contributed by atoms with Crippen LogP contribution in [0, 0.1) is 17.6 Å². The van der Waals surface area contributed by atoms with Gasteiger partial charge in [-0.25, -0.2) is 18.0 Å². The third-order valence-corrected chi connectivity index (χ3v) is 6.71. The highest BCUT2D eigenvalue weighted by Gasteiger charge is 2.52. The molecule has 2 fully saturated rings. The van der Waals surface area contributed by atoms with Gasteiger partial charge in [0, 0.05) is 37.7 Å². The van der Waals surface area contributed by atoms with Crippen LogP contribution in [0.5, 0.6) is 0 Å². The predicted octanol–water partition coefficient (Wildman–Crippen LogP) is 2.25. The molecule has 1 spiro atoms. The van der Waals surface area contributed by atoms with Crippen molar-refractivity contribution in [2.24, 2.45) is 11.7 Å². The van der Waals surface area contributed by atoms with Crippen LogP contribution < -0.4 is 16.0 Å². The molecular formula is C24H27F3N4O4. The summed E-state index contributed by atoms with van der Waals surface area (Å²) in [7, 11) is 0. The number of hydrogen-bond donors (Lipinski definition) is 2. The topological polar surface area (TPSA) is 89.3 Å². The molecule has 4 aliphatic rings. The molecule has 2 saturated heterocycles. The normalized spacial score (nSPS) is 25.4. The summed E-state index contributed by atoms with van der Waals surface area (Å²) in [6.45, 7) is 3.67.